The van der Waals surface area contributed by atoms with E-state index < -0.39 is 24.4 Å². The van der Waals surface area contributed by atoms with Gasteiger partial charge in [-0.05, 0) is 60.5 Å². The molecule has 2 aromatic carbocycles. The largest absolute Gasteiger partial charge is 0.493 e. The topological polar surface area (TPSA) is 116 Å². The Morgan fingerprint density at radius 2 is 1.70 bits per heavy atom. The number of nitrogens with one attached hydrogen (secondary N) is 2. The van der Waals surface area contributed by atoms with E-state index in [1.165, 1.54) is 18.4 Å². The number of benzene rings is 2. The van der Waals surface area contributed by atoms with E-state index in [4.69, 9.17) is 18.6 Å². The first kappa shape index (κ1) is 23.4. The average Bonchev–Trinajstić information content (AvgIpc) is 3.38. The number of rotatable bonds is 10. The molecule has 0 aliphatic heterocycles. The molecule has 0 saturated heterocycles. The van der Waals surface area contributed by atoms with Crippen molar-refractivity contribution in [2.45, 2.75) is 6.42 Å². The molecule has 0 spiro atoms. The van der Waals surface area contributed by atoms with Crippen LogP contribution in [0.25, 0.3) is 0 Å². The summed E-state index contributed by atoms with van der Waals surface area (Å²) in [5.41, 5.74) is 1.70. The Bertz CT molecular complexity index is 1090. The van der Waals surface area contributed by atoms with Crippen LogP contribution < -0.4 is 20.1 Å². The van der Waals surface area contributed by atoms with Gasteiger partial charge in [0.1, 0.15) is 0 Å². The van der Waals surface area contributed by atoms with E-state index in [1.54, 1.807) is 44.6 Å². The van der Waals surface area contributed by atoms with Gasteiger partial charge in [0.25, 0.3) is 11.8 Å². The van der Waals surface area contributed by atoms with Gasteiger partial charge in [0.2, 0.25) is 0 Å². The third-order valence-corrected chi connectivity index (χ3v) is 4.64. The highest BCUT2D eigenvalue weighted by molar-refractivity contribution is 6.02. The van der Waals surface area contributed by atoms with Gasteiger partial charge in [-0.25, -0.2) is 4.79 Å². The molecule has 2 amide bonds. The van der Waals surface area contributed by atoms with Crippen molar-refractivity contribution in [3.05, 3.63) is 77.7 Å². The molecule has 1 heterocycles. The second-order valence-corrected chi connectivity index (χ2v) is 6.87. The minimum atomic E-state index is -0.644. The Morgan fingerprint density at radius 1 is 0.939 bits per heavy atom. The Kier molecular flexibility index (Phi) is 8.07. The summed E-state index contributed by atoms with van der Waals surface area (Å²) in [5, 5.41) is 5.35. The van der Waals surface area contributed by atoms with E-state index in [1.807, 2.05) is 12.1 Å². The first-order valence-corrected chi connectivity index (χ1v) is 10.1. The van der Waals surface area contributed by atoms with Crippen molar-refractivity contribution in [2.24, 2.45) is 0 Å². The number of hydrogen-bond donors (Lipinski definition) is 2. The lowest BCUT2D eigenvalue weighted by Gasteiger charge is -2.10. The maximum absolute atomic E-state index is 12.2. The summed E-state index contributed by atoms with van der Waals surface area (Å²) in [4.78, 5) is 36.1. The lowest BCUT2D eigenvalue weighted by atomic mass is 10.1. The Morgan fingerprint density at radius 3 is 2.36 bits per heavy atom. The number of furan rings is 1. The van der Waals surface area contributed by atoms with E-state index in [9.17, 15) is 14.4 Å². The number of amides is 2. The number of ether oxygens (including phenoxy) is 3. The van der Waals surface area contributed by atoms with E-state index in [2.05, 4.69) is 10.6 Å². The van der Waals surface area contributed by atoms with E-state index >= 15 is 0 Å². The highest BCUT2D eigenvalue weighted by Gasteiger charge is 2.12. The maximum Gasteiger partial charge on any atom is 0.338 e. The summed E-state index contributed by atoms with van der Waals surface area (Å²) in [6.07, 6.45) is 1.98. The van der Waals surface area contributed by atoms with Gasteiger partial charge in [0, 0.05) is 12.2 Å². The summed E-state index contributed by atoms with van der Waals surface area (Å²) >= 11 is 0. The van der Waals surface area contributed by atoms with Gasteiger partial charge >= 0.3 is 5.97 Å². The van der Waals surface area contributed by atoms with Gasteiger partial charge in [-0.15, -0.1) is 0 Å². The van der Waals surface area contributed by atoms with Crippen LogP contribution in [0, 0.1) is 0 Å². The smallest absolute Gasteiger partial charge is 0.338 e. The molecule has 0 aliphatic rings. The zero-order valence-corrected chi connectivity index (χ0v) is 18.3. The molecule has 9 heteroatoms. The molecule has 33 heavy (non-hydrogen) atoms. The first-order chi connectivity index (χ1) is 16.0. The van der Waals surface area contributed by atoms with Gasteiger partial charge in [-0.2, -0.15) is 0 Å². The number of carbonyl (C=O) groups excluding carboxylic acids is 3. The number of esters is 1. The zero-order valence-electron chi connectivity index (χ0n) is 18.3. The van der Waals surface area contributed by atoms with Crippen LogP contribution in [0.4, 0.5) is 5.69 Å². The van der Waals surface area contributed by atoms with Crippen molar-refractivity contribution in [1.29, 1.82) is 0 Å². The fourth-order valence-corrected chi connectivity index (χ4v) is 2.94. The quantitative estimate of drug-likeness (QED) is 0.454. The molecule has 0 saturated carbocycles. The predicted octanol–water partition coefficient (Wildman–Crippen LogP) is 3.06. The van der Waals surface area contributed by atoms with Crippen molar-refractivity contribution < 1.29 is 33.0 Å². The molecule has 2 N–H and O–H groups in total. The molecule has 0 fully saturated rings. The SMILES string of the molecule is COc1ccc(CCNC(=O)COC(=O)c2ccc(NC(=O)c3ccco3)cc2)cc1OC. The van der Waals surface area contributed by atoms with E-state index in [0.29, 0.717) is 30.2 Å². The van der Waals surface area contributed by atoms with Crippen LogP contribution in [-0.2, 0) is 16.0 Å². The fourth-order valence-electron chi connectivity index (χ4n) is 2.94. The third-order valence-electron chi connectivity index (χ3n) is 4.64. The maximum atomic E-state index is 12.2. The average molecular weight is 452 g/mol. The summed E-state index contributed by atoms with van der Waals surface area (Å²) in [6, 6.07) is 14.8. The summed E-state index contributed by atoms with van der Waals surface area (Å²) in [5.74, 6) is -0.0391. The molecule has 0 aliphatic carbocycles. The van der Waals surface area contributed by atoms with Crippen LogP contribution in [-0.4, -0.2) is 45.2 Å². The molecule has 3 aromatic rings. The fraction of sp³-hybridized carbons (Fsp3) is 0.208. The number of carbonyl (C=O) groups is 3. The second kappa shape index (κ2) is 11.4. The number of methoxy groups -OCH3 is 2. The lowest BCUT2D eigenvalue weighted by molar-refractivity contribution is -0.124. The zero-order chi connectivity index (χ0) is 23.6. The minimum Gasteiger partial charge on any atom is -0.493 e. The van der Waals surface area contributed by atoms with Gasteiger partial charge in [-0.1, -0.05) is 6.07 Å². The van der Waals surface area contributed by atoms with Crippen LogP contribution in [0.1, 0.15) is 26.5 Å². The Labute approximate surface area is 190 Å². The predicted molar refractivity (Wildman–Crippen MR) is 120 cm³/mol. The Balaban J connectivity index is 1.41. The standard InChI is InChI=1S/C24H24N2O7/c1-30-19-10-5-16(14-21(19)31-2)11-12-25-22(27)15-33-24(29)17-6-8-18(9-7-17)26-23(28)20-4-3-13-32-20/h3-10,13-14H,11-12,15H2,1-2H3,(H,25,27)(H,26,28). The highest BCUT2D eigenvalue weighted by atomic mass is 16.5. The molecule has 0 bridgehead atoms. The van der Waals surface area contributed by atoms with Crippen LogP contribution in [0.3, 0.4) is 0 Å². The molecule has 172 valence electrons. The normalized spacial score (nSPS) is 10.2. The van der Waals surface area contributed by atoms with Crippen molar-refractivity contribution in [3.8, 4) is 11.5 Å². The van der Waals surface area contributed by atoms with Crippen molar-refractivity contribution >= 4 is 23.5 Å². The lowest BCUT2D eigenvalue weighted by Crippen LogP contribution is -2.30. The number of anilines is 1. The van der Waals surface area contributed by atoms with Crippen LogP contribution >= 0.6 is 0 Å². The van der Waals surface area contributed by atoms with E-state index in [-0.39, 0.29) is 11.3 Å². The van der Waals surface area contributed by atoms with Gasteiger partial charge in [0.15, 0.2) is 23.9 Å². The van der Waals surface area contributed by atoms with Crippen molar-refractivity contribution in [2.75, 3.05) is 32.7 Å². The Hall–Kier alpha value is -4.27. The van der Waals surface area contributed by atoms with Crippen molar-refractivity contribution in [1.82, 2.24) is 5.32 Å². The van der Waals surface area contributed by atoms with Gasteiger partial charge < -0.3 is 29.3 Å². The molecule has 3 rings (SSSR count). The summed E-state index contributed by atoms with van der Waals surface area (Å²) in [6.45, 7) is -0.0301. The first-order valence-electron chi connectivity index (χ1n) is 10.1. The highest BCUT2D eigenvalue weighted by Crippen LogP contribution is 2.27. The molecule has 9 nitrogen and oxygen atoms in total. The third kappa shape index (κ3) is 6.60. The molecular formula is C24H24N2O7. The molecule has 1 aromatic heterocycles. The van der Waals surface area contributed by atoms with Crippen molar-refractivity contribution in [3.63, 3.8) is 0 Å². The summed E-state index contributed by atoms with van der Waals surface area (Å²) in [7, 11) is 3.12. The minimum absolute atomic E-state index is 0.177. The van der Waals surface area contributed by atoms with Crippen LogP contribution in [0.15, 0.2) is 65.3 Å². The van der Waals surface area contributed by atoms with Gasteiger partial charge in [0.05, 0.1) is 26.0 Å². The number of hydrogen-bond acceptors (Lipinski definition) is 7. The molecule has 0 unspecified atom stereocenters. The van der Waals surface area contributed by atoms with Crippen LogP contribution in [0.5, 0.6) is 11.5 Å². The monoisotopic (exact) mass is 452 g/mol. The second-order valence-electron chi connectivity index (χ2n) is 6.87. The van der Waals surface area contributed by atoms with Crippen LogP contribution in [0.2, 0.25) is 0 Å². The van der Waals surface area contributed by atoms with Gasteiger partial charge in [-0.3, -0.25) is 9.59 Å². The molecular weight excluding hydrogens is 428 g/mol. The van der Waals surface area contributed by atoms with E-state index in [0.717, 1.165) is 5.56 Å². The molecule has 0 radical (unpaired) electrons. The molecule has 0 atom stereocenters. The summed E-state index contributed by atoms with van der Waals surface area (Å²) < 4.78 is 20.5.